The fraction of sp³-hybridized carbons (Fsp3) is 0.625. The molecule has 0 bridgehead atoms. The summed E-state index contributed by atoms with van der Waals surface area (Å²) >= 11 is 0. The Bertz CT molecular complexity index is 490. The molecule has 0 radical (unpaired) electrons. The molecule has 0 saturated heterocycles. The number of halogens is 2. The van der Waals surface area contributed by atoms with E-state index in [0.29, 0.717) is 0 Å². The molecule has 6 unspecified atom stereocenters. The van der Waals surface area contributed by atoms with E-state index in [-0.39, 0.29) is 51.0 Å². The van der Waals surface area contributed by atoms with Crippen LogP contribution in [0.5, 0.6) is 0 Å². The molecule has 0 aliphatic heterocycles. The van der Waals surface area contributed by atoms with Crippen LogP contribution >= 0.6 is 0 Å². The molecule has 3 heteroatoms. The molecule has 6 atom stereocenters. The van der Waals surface area contributed by atoms with Crippen molar-refractivity contribution >= 4 is 0 Å². The van der Waals surface area contributed by atoms with Crippen LogP contribution in [0, 0.1) is 53.9 Å². The number of rotatable bonds is 2. The predicted octanol–water partition coefficient (Wildman–Crippen LogP) is 0.589. The molecule has 0 N–H and O–H groups in total. The second-order valence-electron chi connectivity index (χ2n) is 8.60. The predicted molar refractivity (Wildman–Crippen MR) is 104 cm³/mol. The smallest absolute Gasteiger partial charge is 1.00 e. The van der Waals surface area contributed by atoms with E-state index in [1.165, 1.54) is 25.7 Å². The summed E-state index contributed by atoms with van der Waals surface area (Å²) in [6, 6.07) is 0. The van der Waals surface area contributed by atoms with Gasteiger partial charge in [-0.2, -0.15) is 12.0 Å². The Hall–Kier alpha value is 0.423. The molecule has 0 aromatic heterocycles. The van der Waals surface area contributed by atoms with Crippen LogP contribution in [0.4, 0.5) is 0 Å². The van der Waals surface area contributed by atoms with E-state index >= 15 is 0 Å². The minimum Gasteiger partial charge on any atom is -1.00 e. The van der Waals surface area contributed by atoms with Crippen molar-refractivity contribution in [3.8, 4) is 0 Å². The normalized spacial score (nSPS) is 35.4. The van der Waals surface area contributed by atoms with E-state index < -0.39 is 0 Å². The molecule has 4 rings (SSSR count). The van der Waals surface area contributed by atoms with E-state index in [2.05, 4.69) is 63.6 Å². The zero-order valence-electron chi connectivity index (χ0n) is 17.0. The van der Waals surface area contributed by atoms with Crippen molar-refractivity contribution in [3.63, 3.8) is 0 Å². The first-order chi connectivity index (χ1) is 11.6. The van der Waals surface area contributed by atoms with Gasteiger partial charge in [-0.1, -0.05) is 57.8 Å². The quantitative estimate of drug-likeness (QED) is 0.504. The van der Waals surface area contributed by atoms with Gasteiger partial charge < -0.3 is 31.2 Å². The third kappa shape index (κ3) is 7.64. The Morgan fingerprint density at radius 2 is 1.74 bits per heavy atom. The molecule has 2 fully saturated rings. The second kappa shape index (κ2) is 13.6. The average molecular weight is 485 g/mol. The third-order valence-electron chi connectivity index (χ3n) is 6.52. The molecule has 2 saturated carbocycles. The molecular weight excluding hydrogens is 450 g/mol. The molecule has 0 aromatic carbocycles. The van der Waals surface area contributed by atoms with Crippen LogP contribution in [0.15, 0.2) is 42.5 Å². The fourth-order valence-corrected chi connectivity index (χ4v) is 5.22. The summed E-state index contributed by atoms with van der Waals surface area (Å²) in [5.41, 5.74) is 0. The molecule has 0 nitrogen and oxygen atoms in total. The van der Waals surface area contributed by atoms with Crippen molar-refractivity contribution in [2.45, 2.75) is 52.9 Å². The van der Waals surface area contributed by atoms with Gasteiger partial charge in [-0.05, 0) is 36.5 Å². The van der Waals surface area contributed by atoms with Crippen LogP contribution in [0.1, 0.15) is 52.9 Å². The van der Waals surface area contributed by atoms with Gasteiger partial charge in [-0.15, -0.1) is 18.4 Å². The number of hydrogen-bond donors (Lipinski definition) is 0. The van der Waals surface area contributed by atoms with Gasteiger partial charge in [0.15, 0.2) is 0 Å². The SMILES string of the molecule is CC1CCC(C(C)C)C(C2[CH-]C3C=CC=CC3C2)C1.[C-]1=CC=CC1.[Cl-].[Cl-].[Zr+4]. The molecule has 0 spiro atoms. The summed E-state index contributed by atoms with van der Waals surface area (Å²) in [5, 5.41) is 0. The Kier molecular flexibility index (Phi) is 13.8. The van der Waals surface area contributed by atoms with Crippen LogP contribution in [0.2, 0.25) is 0 Å². The van der Waals surface area contributed by atoms with Crippen molar-refractivity contribution in [1.82, 2.24) is 0 Å². The maximum Gasteiger partial charge on any atom is 4.00 e. The van der Waals surface area contributed by atoms with Gasteiger partial charge >= 0.3 is 26.2 Å². The summed E-state index contributed by atoms with van der Waals surface area (Å²) < 4.78 is 0. The van der Waals surface area contributed by atoms with E-state index in [1.807, 2.05) is 12.2 Å². The minimum absolute atomic E-state index is 0. The minimum atomic E-state index is 0. The summed E-state index contributed by atoms with van der Waals surface area (Å²) in [6.45, 7) is 7.34. The van der Waals surface area contributed by atoms with Crippen molar-refractivity contribution in [2.24, 2.45) is 41.4 Å². The summed E-state index contributed by atoms with van der Waals surface area (Å²) in [5.74, 6) is 6.14. The van der Waals surface area contributed by atoms with Crippen LogP contribution in [-0.2, 0) is 26.2 Å². The van der Waals surface area contributed by atoms with Gasteiger partial charge in [0.05, 0.1) is 0 Å². The first-order valence-electron chi connectivity index (χ1n) is 10.1. The molecule has 4 aliphatic rings. The first kappa shape index (κ1) is 27.4. The maximum absolute atomic E-state index is 2.99. The Morgan fingerprint density at radius 3 is 2.30 bits per heavy atom. The maximum atomic E-state index is 2.99. The van der Waals surface area contributed by atoms with E-state index in [1.54, 1.807) is 0 Å². The van der Waals surface area contributed by atoms with Gasteiger partial charge in [0.1, 0.15) is 0 Å². The average Bonchev–Trinajstić information content (AvgIpc) is 3.27. The second-order valence-corrected chi connectivity index (χ2v) is 8.60. The largest absolute Gasteiger partial charge is 4.00 e. The molecular formula is C24H34Cl2Zr. The fourth-order valence-electron chi connectivity index (χ4n) is 5.22. The standard InChI is InChI=1S/C19H29.C5H5.2ClH.Zr/c1-13(2)18-9-8-14(3)10-19(18)17-11-15-6-4-5-7-16(15)12-17;1-2-4-5-3-1;;;/h4-7,11,13-19H,8-10,12H2,1-3H3;1-3H,4H2;2*1H;/q2*-1;;;+4/p-2. The van der Waals surface area contributed by atoms with Crippen LogP contribution in [0.25, 0.3) is 0 Å². The van der Waals surface area contributed by atoms with Crippen LogP contribution < -0.4 is 24.8 Å². The number of hydrogen-bond acceptors (Lipinski definition) is 0. The first-order valence-corrected chi connectivity index (χ1v) is 10.1. The summed E-state index contributed by atoms with van der Waals surface area (Å²) in [4.78, 5) is 0. The zero-order valence-corrected chi connectivity index (χ0v) is 20.9. The summed E-state index contributed by atoms with van der Waals surface area (Å²) in [7, 11) is 0. The number of allylic oxidation sites excluding steroid dienone is 8. The van der Waals surface area contributed by atoms with Gasteiger partial charge in [0, 0.05) is 0 Å². The van der Waals surface area contributed by atoms with Crippen LogP contribution in [0.3, 0.4) is 0 Å². The Labute approximate surface area is 199 Å². The van der Waals surface area contributed by atoms with E-state index in [4.69, 9.17) is 0 Å². The monoisotopic (exact) mass is 482 g/mol. The van der Waals surface area contributed by atoms with Crippen molar-refractivity contribution < 1.29 is 51.0 Å². The van der Waals surface area contributed by atoms with Crippen molar-refractivity contribution in [3.05, 3.63) is 55.0 Å². The molecule has 4 aliphatic carbocycles. The van der Waals surface area contributed by atoms with E-state index in [9.17, 15) is 0 Å². The van der Waals surface area contributed by atoms with Gasteiger partial charge in [0.25, 0.3) is 0 Å². The van der Waals surface area contributed by atoms with Gasteiger partial charge in [0.2, 0.25) is 0 Å². The molecule has 148 valence electrons. The van der Waals surface area contributed by atoms with E-state index in [0.717, 1.165) is 47.8 Å². The van der Waals surface area contributed by atoms with Crippen molar-refractivity contribution in [1.29, 1.82) is 0 Å². The van der Waals surface area contributed by atoms with Crippen molar-refractivity contribution in [2.75, 3.05) is 0 Å². The number of fused-ring (bicyclic) bond motifs is 1. The van der Waals surface area contributed by atoms with Gasteiger partial charge in [-0.25, -0.2) is 12.2 Å². The molecule has 0 amide bonds. The topological polar surface area (TPSA) is 0 Å². The third-order valence-corrected chi connectivity index (χ3v) is 6.52. The molecule has 0 aromatic rings. The summed E-state index contributed by atoms with van der Waals surface area (Å²) in [6.07, 6.45) is 27.8. The zero-order chi connectivity index (χ0) is 16.9. The molecule has 0 heterocycles. The van der Waals surface area contributed by atoms with Gasteiger partial charge in [-0.3, -0.25) is 6.08 Å². The van der Waals surface area contributed by atoms with Crippen LogP contribution in [-0.4, -0.2) is 0 Å². The molecule has 27 heavy (non-hydrogen) atoms. The Balaban J connectivity index is 0.000000742. The Morgan fingerprint density at radius 1 is 1.00 bits per heavy atom.